The number of carbonyl (C=O) groups is 3. The molecule has 0 fully saturated rings. The molecule has 4 aromatic rings. The lowest BCUT2D eigenvalue weighted by atomic mass is 10.1. The third kappa shape index (κ3) is 5.20. The molecule has 4 aromatic carbocycles. The molecule has 38 heavy (non-hydrogen) atoms. The van der Waals surface area contributed by atoms with E-state index in [4.69, 9.17) is 0 Å². The molecule has 0 saturated carbocycles. The van der Waals surface area contributed by atoms with E-state index in [0.29, 0.717) is 42.1 Å². The van der Waals surface area contributed by atoms with Crippen LogP contribution in [0.1, 0.15) is 38.8 Å². The van der Waals surface area contributed by atoms with Crippen LogP contribution in [0.15, 0.2) is 109 Å². The summed E-state index contributed by atoms with van der Waals surface area (Å²) in [6, 6.07) is 33.8. The minimum atomic E-state index is -0.238. The lowest BCUT2D eigenvalue weighted by Gasteiger charge is -2.25. The van der Waals surface area contributed by atoms with Crippen LogP contribution in [-0.2, 0) is 17.9 Å². The fourth-order valence-electron chi connectivity index (χ4n) is 4.77. The number of hydrogen-bond donors (Lipinski definition) is 0. The fourth-order valence-corrected chi connectivity index (χ4v) is 4.77. The Balaban J connectivity index is 1.56. The summed E-state index contributed by atoms with van der Waals surface area (Å²) >= 11 is 0. The van der Waals surface area contributed by atoms with Crippen molar-refractivity contribution in [3.8, 4) is 0 Å². The molecule has 6 heteroatoms. The Morgan fingerprint density at radius 3 is 1.95 bits per heavy atom. The third-order valence-corrected chi connectivity index (χ3v) is 6.71. The van der Waals surface area contributed by atoms with E-state index in [9.17, 15) is 14.4 Å². The largest absolute Gasteiger partial charge is 0.325 e. The molecule has 0 aromatic heterocycles. The quantitative estimate of drug-likeness (QED) is 0.333. The van der Waals surface area contributed by atoms with Gasteiger partial charge in [0.2, 0.25) is 5.91 Å². The topological polar surface area (TPSA) is 60.9 Å². The third-order valence-electron chi connectivity index (χ3n) is 6.71. The van der Waals surface area contributed by atoms with Gasteiger partial charge in [0.25, 0.3) is 11.8 Å². The van der Waals surface area contributed by atoms with Crippen LogP contribution in [0.3, 0.4) is 0 Å². The highest BCUT2D eigenvalue weighted by atomic mass is 16.2. The van der Waals surface area contributed by atoms with Gasteiger partial charge in [0, 0.05) is 24.3 Å². The first kappa shape index (κ1) is 25.0. The maximum Gasteiger partial charge on any atom is 0.258 e. The highest BCUT2D eigenvalue weighted by Gasteiger charge is 2.32. The Morgan fingerprint density at radius 2 is 1.34 bits per heavy atom. The molecule has 0 N–H and O–H groups in total. The Morgan fingerprint density at radius 1 is 0.763 bits per heavy atom. The van der Waals surface area contributed by atoms with Gasteiger partial charge >= 0.3 is 0 Å². The molecular formula is C32H29N3O3. The molecule has 0 spiro atoms. The van der Waals surface area contributed by atoms with Crippen LogP contribution in [0.5, 0.6) is 0 Å². The summed E-state index contributed by atoms with van der Waals surface area (Å²) in [4.78, 5) is 45.7. The molecule has 190 valence electrons. The molecule has 0 unspecified atom stereocenters. The van der Waals surface area contributed by atoms with Crippen LogP contribution in [0.2, 0.25) is 0 Å². The van der Waals surface area contributed by atoms with Crippen LogP contribution < -0.4 is 9.80 Å². The number of anilines is 2. The van der Waals surface area contributed by atoms with Crippen LogP contribution >= 0.6 is 0 Å². The summed E-state index contributed by atoms with van der Waals surface area (Å²) in [5, 5.41) is 0. The van der Waals surface area contributed by atoms with Crippen molar-refractivity contribution in [2.75, 3.05) is 22.9 Å². The van der Waals surface area contributed by atoms with Crippen LogP contribution in [0, 0.1) is 0 Å². The van der Waals surface area contributed by atoms with Crippen molar-refractivity contribution in [3.05, 3.63) is 131 Å². The lowest BCUT2D eigenvalue weighted by Crippen LogP contribution is -2.38. The molecule has 0 atom stereocenters. The van der Waals surface area contributed by atoms with Crippen molar-refractivity contribution in [2.45, 2.75) is 20.0 Å². The van der Waals surface area contributed by atoms with Gasteiger partial charge in [0.05, 0.1) is 17.8 Å². The maximum absolute atomic E-state index is 13.9. The fraction of sp³-hybridized carbons (Fsp3) is 0.156. The van der Waals surface area contributed by atoms with E-state index in [1.807, 2.05) is 91.9 Å². The van der Waals surface area contributed by atoms with Gasteiger partial charge in [-0.15, -0.1) is 0 Å². The first-order chi connectivity index (χ1) is 18.5. The molecule has 5 rings (SSSR count). The predicted molar refractivity (Wildman–Crippen MR) is 149 cm³/mol. The minimum Gasteiger partial charge on any atom is -0.325 e. The molecule has 0 bridgehead atoms. The normalized spacial score (nSPS) is 13.2. The number of amides is 3. The first-order valence-electron chi connectivity index (χ1n) is 12.7. The number of nitrogens with zero attached hydrogens (tertiary/aromatic N) is 3. The van der Waals surface area contributed by atoms with Gasteiger partial charge < -0.3 is 14.7 Å². The van der Waals surface area contributed by atoms with E-state index in [-0.39, 0.29) is 24.3 Å². The number of benzene rings is 4. The molecule has 3 amide bonds. The lowest BCUT2D eigenvalue weighted by molar-refractivity contribution is -0.119. The predicted octanol–water partition coefficient (Wildman–Crippen LogP) is 5.54. The Bertz CT molecular complexity index is 1440. The van der Waals surface area contributed by atoms with Gasteiger partial charge in [-0.2, -0.15) is 0 Å². The summed E-state index contributed by atoms with van der Waals surface area (Å²) in [6.45, 7) is 2.96. The van der Waals surface area contributed by atoms with E-state index >= 15 is 0 Å². The second kappa shape index (κ2) is 11.1. The van der Waals surface area contributed by atoms with Crippen LogP contribution in [-0.4, -0.2) is 35.7 Å². The molecule has 0 radical (unpaired) electrons. The molecule has 1 heterocycles. The van der Waals surface area contributed by atoms with Crippen molar-refractivity contribution < 1.29 is 14.4 Å². The SMILES string of the molecule is CCN(C(=O)c1ccccc1)c1ccc2c(c1)C(=O)N(Cc1ccccc1)CC(=O)N2Cc1ccccc1. The van der Waals surface area contributed by atoms with E-state index in [1.165, 1.54) is 0 Å². The van der Waals surface area contributed by atoms with E-state index in [1.54, 1.807) is 39.0 Å². The Labute approximate surface area is 222 Å². The number of hydrogen-bond acceptors (Lipinski definition) is 3. The van der Waals surface area contributed by atoms with E-state index < -0.39 is 0 Å². The van der Waals surface area contributed by atoms with Crippen LogP contribution in [0.4, 0.5) is 11.4 Å². The van der Waals surface area contributed by atoms with Gasteiger partial charge in [-0.25, -0.2) is 0 Å². The summed E-state index contributed by atoms with van der Waals surface area (Å²) < 4.78 is 0. The molecule has 1 aliphatic rings. The van der Waals surface area contributed by atoms with Gasteiger partial charge in [-0.05, 0) is 48.4 Å². The van der Waals surface area contributed by atoms with E-state index in [2.05, 4.69) is 0 Å². The van der Waals surface area contributed by atoms with Crippen molar-refractivity contribution >= 4 is 29.1 Å². The van der Waals surface area contributed by atoms with Crippen molar-refractivity contribution in [2.24, 2.45) is 0 Å². The van der Waals surface area contributed by atoms with Crippen LogP contribution in [0.25, 0.3) is 0 Å². The Hall–Kier alpha value is -4.71. The molecule has 0 saturated heterocycles. The average Bonchev–Trinajstić information content (AvgIpc) is 3.05. The molecule has 0 aliphatic carbocycles. The average molecular weight is 504 g/mol. The summed E-state index contributed by atoms with van der Waals surface area (Å²) in [5.41, 5.74) is 4.04. The zero-order valence-electron chi connectivity index (χ0n) is 21.3. The summed E-state index contributed by atoms with van der Waals surface area (Å²) in [5.74, 6) is -0.539. The van der Waals surface area contributed by atoms with Crippen molar-refractivity contribution in [1.29, 1.82) is 0 Å². The summed E-state index contributed by atoms with van der Waals surface area (Å²) in [7, 11) is 0. The second-order valence-electron chi connectivity index (χ2n) is 9.23. The van der Waals surface area contributed by atoms with Gasteiger partial charge in [-0.1, -0.05) is 78.9 Å². The minimum absolute atomic E-state index is 0.0367. The number of carbonyl (C=O) groups excluding carboxylic acids is 3. The smallest absolute Gasteiger partial charge is 0.258 e. The first-order valence-corrected chi connectivity index (χ1v) is 12.7. The number of rotatable bonds is 7. The maximum atomic E-state index is 13.9. The van der Waals surface area contributed by atoms with Gasteiger partial charge in [-0.3, -0.25) is 14.4 Å². The second-order valence-corrected chi connectivity index (χ2v) is 9.23. The molecular weight excluding hydrogens is 474 g/mol. The standard InChI is InChI=1S/C32H29N3O3/c1-2-34(31(37)26-16-10-5-11-17-26)27-18-19-29-28(20-27)32(38)33(21-24-12-6-3-7-13-24)23-30(36)35(29)22-25-14-8-4-9-15-25/h3-20H,2,21-23H2,1H3. The van der Waals surface area contributed by atoms with Crippen molar-refractivity contribution in [3.63, 3.8) is 0 Å². The van der Waals surface area contributed by atoms with Crippen molar-refractivity contribution in [1.82, 2.24) is 4.90 Å². The highest BCUT2D eigenvalue weighted by molar-refractivity contribution is 6.11. The Kier molecular flexibility index (Phi) is 7.31. The summed E-state index contributed by atoms with van der Waals surface area (Å²) in [6.07, 6.45) is 0. The monoisotopic (exact) mass is 503 g/mol. The molecule has 6 nitrogen and oxygen atoms in total. The highest BCUT2D eigenvalue weighted by Crippen LogP contribution is 2.32. The zero-order chi connectivity index (χ0) is 26.5. The van der Waals surface area contributed by atoms with Gasteiger partial charge in [0.1, 0.15) is 6.54 Å². The number of fused-ring (bicyclic) bond motifs is 1. The van der Waals surface area contributed by atoms with E-state index in [0.717, 1.165) is 11.1 Å². The molecule has 1 aliphatic heterocycles. The van der Waals surface area contributed by atoms with Gasteiger partial charge in [0.15, 0.2) is 0 Å². The zero-order valence-corrected chi connectivity index (χ0v) is 21.3.